The van der Waals surface area contributed by atoms with Gasteiger partial charge in [0.05, 0.1) is 33.0 Å². The first-order valence-electron chi connectivity index (χ1n) is 7.91. The summed E-state index contributed by atoms with van der Waals surface area (Å²) >= 11 is 0. The number of hydrogen-bond donors (Lipinski definition) is 0. The average Bonchev–Trinajstić information content (AvgIpc) is 3.09. The highest BCUT2D eigenvalue weighted by atomic mass is 16.6. The molecule has 132 valence electrons. The molecule has 7 heteroatoms. The van der Waals surface area contributed by atoms with E-state index in [0.717, 1.165) is 12.0 Å². The van der Waals surface area contributed by atoms with Gasteiger partial charge in [-0.1, -0.05) is 30.3 Å². The van der Waals surface area contributed by atoms with Gasteiger partial charge < -0.3 is 23.8 Å². The van der Waals surface area contributed by atoms with E-state index in [1.807, 2.05) is 30.3 Å². The minimum absolute atomic E-state index is 0.0315. The van der Waals surface area contributed by atoms with E-state index in [0.29, 0.717) is 26.3 Å². The quantitative estimate of drug-likeness (QED) is 0.530. The minimum atomic E-state index is -0.414. The molecule has 0 spiro atoms. The number of amides is 1. The van der Waals surface area contributed by atoms with Gasteiger partial charge in [-0.05, 0) is 12.0 Å². The van der Waals surface area contributed by atoms with Crippen molar-refractivity contribution in [2.45, 2.75) is 19.1 Å². The summed E-state index contributed by atoms with van der Waals surface area (Å²) < 4.78 is 20.5. The highest BCUT2D eigenvalue weighted by Crippen LogP contribution is 2.14. The maximum atomic E-state index is 12.0. The lowest BCUT2D eigenvalue weighted by Crippen LogP contribution is -2.31. The summed E-state index contributed by atoms with van der Waals surface area (Å²) in [5.74, 6) is -0.414. The molecule has 1 aliphatic rings. The molecule has 1 saturated heterocycles. The third-order valence-corrected chi connectivity index (χ3v) is 3.64. The molecule has 7 nitrogen and oxygen atoms in total. The molecule has 1 unspecified atom stereocenters. The second kappa shape index (κ2) is 9.89. The Kier molecular flexibility index (Phi) is 7.51. The second-order valence-corrected chi connectivity index (χ2v) is 5.40. The zero-order valence-corrected chi connectivity index (χ0v) is 13.8. The molecule has 1 fully saturated rings. The monoisotopic (exact) mass is 337 g/mol. The fourth-order valence-corrected chi connectivity index (χ4v) is 2.33. The van der Waals surface area contributed by atoms with Gasteiger partial charge in [-0.3, -0.25) is 0 Å². The lowest BCUT2D eigenvalue weighted by Gasteiger charge is -2.16. The molecule has 24 heavy (non-hydrogen) atoms. The Labute approximate surface area is 141 Å². The van der Waals surface area contributed by atoms with E-state index in [4.69, 9.17) is 14.2 Å². The second-order valence-electron chi connectivity index (χ2n) is 5.40. The topological polar surface area (TPSA) is 74.3 Å². The lowest BCUT2D eigenvalue weighted by molar-refractivity contribution is -0.146. The van der Waals surface area contributed by atoms with Crippen molar-refractivity contribution in [1.82, 2.24) is 4.90 Å². The van der Waals surface area contributed by atoms with Crippen molar-refractivity contribution in [3.63, 3.8) is 0 Å². The van der Waals surface area contributed by atoms with Gasteiger partial charge in [-0.2, -0.15) is 0 Å². The zero-order valence-electron chi connectivity index (χ0n) is 13.8. The normalized spacial score (nSPS) is 16.9. The molecule has 1 amide bonds. The van der Waals surface area contributed by atoms with Crippen LogP contribution in [0.5, 0.6) is 0 Å². The molecule has 2 rings (SSSR count). The van der Waals surface area contributed by atoms with Gasteiger partial charge in [-0.25, -0.2) is 9.59 Å². The summed E-state index contributed by atoms with van der Waals surface area (Å²) in [5.41, 5.74) is 0.959. The Morgan fingerprint density at radius 2 is 2.00 bits per heavy atom. The van der Waals surface area contributed by atoms with Crippen molar-refractivity contribution < 1.29 is 28.5 Å². The first kappa shape index (κ1) is 18.2. The van der Waals surface area contributed by atoms with E-state index >= 15 is 0 Å². The largest absolute Gasteiger partial charge is 0.467 e. The fourth-order valence-electron chi connectivity index (χ4n) is 2.33. The predicted octanol–water partition coefficient (Wildman–Crippen LogP) is 1.60. The third-order valence-electron chi connectivity index (χ3n) is 3.64. The molecule has 1 aromatic rings. The van der Waals surface area contributed by atoms with Crippen molar-refractivity contribution in [2.24, 2.45) is 0 Å². The predicted molar refractivity (Wildman–Crippen MR) is 85.4 cm³/mol. The molecular weight excluding hydrogens is 314 g/mol. The number of ether oxygens (including phenoxy) is 4. The Morgan fingerprint density at radius 3 is 2.75 bits per heavy atom. The molecule has 0 aromatic heterocycles. The molecule has 0 saturated carbocycles. The third kappa shape index (κ3) is 6.17. The summed E-state index contributed by atoms with van der Waals surface area (Å²) in [5, 5.41) is 0. The Morgan fingerprint density at radius 1 is 1.21 bits per heavy atom. The highest BCUT2D eigenvalue weighted by molar-refractivity contribution is 5.70. The van der Waals surface area contributed by atoms with Crippen LogP contribution in [0.2, 0.25) is 0 Å². The summed E-state index contributed by atoms with van der Waals surface area (Å²) in [6.07, 6.45) is 0.403. The van der Waals surface area contributed by atoms with Gasteiger partial charge in [0.25, 0.3) is 0 Å². The average molecular weight is 337 g/mol. The number of likely N-dealkylation sites (tertiary alicyclic amines) is 1. The van der Waals surface area contributed by atoms with Crippen LogP contribution in [0.1, 0.15) is 12.0 Å². The zero-order chi connectivity index (χ0) is 17.2. The number of nitrogens with zero attached hydrogens (tertiary/aromatic N) is 1. The minimum Gasteiger partial charge on any atom is -0.467 e. The molecule has 1 aliphatic heterocycles. The standard InChI is InChI=1S/C17H23NO6/c1-21-16(19)13-22-9-10-23-15-7-8-18(11-15)17(20)24-12-14-5-3-2-4-6-14/h2-6,15H,7-13H2,1H3. The molecule has 0 N–H and O–H groups in total. The molecule has 1 atom stereocenters. The summed E-state index contributed by atoms with van der Waals surface area (Å²) in [7, 11) is 1.31. The highest BCUT2D eigenvalue weighted by Gasteiger charge is 2.27. The van der Waals surface area contributed by atoms with Crippen molar-refractivity contribution in [3.8, 4) is 0 Å². The van der Waals surface area contributed by atoms with Crippen LogP contribution in [0, 0.1) is 0 Å². The van der Waals surface area contributed by atoms with Crippen LogP contribution in [-0.4, -0.2) is 63.1 Å². The van der Waals surface area contributed by atoms with E-state index in [1.54, 1.807) is 4.90 Å². The number of carbonyl (C=O) groups is 2. The molecule has 0 radical (unpaired) electrons. The van der Waals surface area contributed by atoms with Crippen LogP contribution in [-0.2, 0) is 30.3 Å². The summed E-state index contributed by atoms with van der Waals surface area (Å²) in [6.45, 7) is 1.98. The van der Waals surface area contributed by atoms with Crippen molar-refractivity contribution in [1.29, 1.82) is 0 Å². The summed E-state index contributed by atoms with van der Waals surface area (Å²) in [6, 6.07) is 9.56. The first-order chi connectivity index (χ1) is 11.7. The van der Waals surface area contributed by atoms with E-state index in [1.165, 1.54) is 7.11 Å². The number of benzene rings is 1. The Hall–Kier alpha value is -2.12. The SMILES string of the molecule is COC(=O)COCCOC1CCN(C(=O)OCc2ccccc2)C1. The van der Waals surface area contributed by atoms with Crippen LogP contribution in [0.15, 0.2) is 30.3 Å². The smallest absolute Gasteiger partial charge is 0.410 e. The van der Waals surface area contributed by atoms with Gasteiger partial charge >= 0.3 is 12.1 Å². The van der Waals surface area contributed by atoms with Gasteiger partial charge in [0.15, 0.2) is 0 Å². The van der Waals surface area contributed by atoms with Crippen LogP contribution >= 0.6 is 0 Å². The molecule has 1 heterocycles. The maximum Gasteiger partial charge on any atom is 0.410 e. The number of rotatable bonds is 8. The van der Waals surface area contributed by atoms with E-state index in [-0.39, 0.29) is 25.4 Å². The van der Waals surface area contributed by atoms with E-state index in [2.05, 4.69) is 4.74 Å². The Balaban J connectivity index is 1.58. The number of hydrogen-bond acceptors (Lipinski definition) is 6. The number of esters is 1. The van der Waals surface area contributed by atoms with Gasteiger partial charge in [0.2, 0.25) is 0 Å². The van der Waals surface area contributed by atoms with Crippen LogP contribution in [0.3, 0.4) is 0 Å². The van der Waals surface area contributed by atoms with Crippen molar-refractivity contribution in [3.05, 3.63) is 35.9 Å². The molecule has 0 aliphatic carbocycles. The lowest BCUT2D eigenvalue weighted by atomic mass is 10.2. The first-order valence-corrected chi connectivity index (χ1v) is 7.91. The molecule has 0 bridgehead atoms. The van der Waals surface area contributed by atoms with Crippen molar-refractivity contribution >= 4 is 12.1 Å². The van der Waals surface area contributed by atoms with Gasteiger partial charge in [0.1, 0.15) is 13.2 Å². The number of methoxy groups -OCH3 is 1. The van der Waals surface area contributed by atoms with Gasteiger partial charge in [0, 0.05) is 6.54 Å². The molecular formula is C17H23NO6. The van der Waals surface area contributed by atoms with Crippen LogP contribution < -0.4 is 0 Å². The fraction of sp³-hybridized carbons (Fsp3) is 0.529. The Bertz CT molecular complexity index is 521. The van der Waals surface area contributed by atoms with Crippen molar-refractivity contribution in [2.75, 3.05) is 40.0 Å². The van der Waals surface area contributed by atoms with E-state index < -0.39 is 5.97 Å². The summed E-state index contributed by atoms with van der Waals surface area (Å²) in [4.78, 5) is 24.5. The van der Waals surface area contributed by atoms with Crippen LogP contribution in [0.25, 0.3) is 0 Å². The van der Waals surface area contributed by atoms with E-state index in [9.17, 15) is 9.59 Å². The number of carbonyl (C=O) groups excluding carboxylic acids is 2. The van der Waals surface area contributed by atoms with Gasteiger partial charge in [-0.15, -0.1) is 0 Å². The van der Waals surface area contributed by atoms with Crippen LogP contribution in [0.4, 0.5) is 4.79 Å². The molecule has 1 aromatic carbocycles. The maximum absolute atomic E-state index is 12.0.